The summed E-state index contributed by atoms with van der Waals surface area (Å²) in [5, 5.41) is 0. The van der Waals surface area contributed by atoms with E-state index in [0.717, 1.165) is 5.56 Å². The predicted molar refractivity (Wildman–Crippen MR) is 72.1 cm³/mol. The number of ether oxygens (including phenoxy) is 1. The largest absolute Gasteiger partial charge is 0.465 e. The van der Waals surface area contributed by atoms with Gasteiger partial charge in [-0.15, -0.1) is 0 Å². The molecule has 0 saturated heterocycles. The van der Waals surface area contributed by atoms with Gasteiger partial charge in [0.1, 0.15) is 0 Å². The predicted octanol–water partition coefficient (Wildman–Crippen LogP) is 0.925. The molecule has 0 aliphatic rings. The fraction of sp³-hybridized carbons (Fsp3) is 0.429. The number of hydrogen-bond donors (Lipinski definition) is 1. The number of benzene rings is 1. The molecule has 2 N–H and O–H groups in total. The molecule has 19 heavy (non-hydrogen) atoms. The fourth-order valence-electron chi connectivity index (χ4n) is 1.70. The molecule has 0 saturated carbocycles. The van der Waals surface area contributed by atoms with E-state index in [4.69, 9.17) is 10.5 Å². The number of rotatable bonds is 7. The number of amides is 1. The van der Waals surface area contributed by atoms with Gasteiger partial charge >= 0.3 is 5.97 Å². The smallest absolute Gasteiger partial charge is 0.320 e. The topological polar surface area (TPSA) is 72.6 Å². The monoisotopic (exact) mass is 264 g/mol. The maximum absolute atomic E-state index is 11.6. The minimum absolute atomic E-state index is 0.0485. The van der Waals surface area contributed by atoms with Gasteiger partial charge in [-0.05, 0) is 19.4 Å². The van der Waals surface area contributed by atoms with Gasteiger partial charge in [-0.2, -0.15) is 0 Å². The van der Waals surface area contributed by atoms with Crippen molar-refractivity contribution in [1.29, 1.82) is 0 Å². The zero-order valence-electron chi connectivity index (χ0n) is 11.3. The van der Waals surface area contributed by atoms with Crippen LogP contribution >= 0.6 is 0 Å². The van der Waals surface area contributed by atoms with E-state index in [1.807, 2.05) is 30.3 Å². The second kappa shape index (κ2) is 7.53. The van der Waals surface area contributed by atoms with Crippen LogP contribution in [-0.2, 0) is 20.9 Å². The lowest BCUT2D eigenvalue weighted by Gasteiger charge is -2.25. The van der Waals surface area contributed by atoms with E-state index in [0.29, 0.717) is 13.2 Å². The lowest BCUT2D eigenvalue weighted by atomic mass is 10.1. The summed E-state index contributed by atoms with van der Waals surface area (Å²) in [7, 11) is 0. The van der Waals surface area contributed by atoms with Crippen LogP contribution in [0.2, 0.25) is 0 Å². The Morgan fingerprint density at radius 2 is 1.95 bits per heavy atom. The molecule has 1 amide bonds. The molecule has 0 heterocycles. The van der Waals surface area contributed by atoms with Gasteiger partial charge in [0, 0.05) is 6.54 Å². The SMILES string of the molecule is CCOC(=O)CN(Cc1ccccc1)C(C)C(N)=O. The highest BCUT2D eigenvalue weighted by Crippen LogP contribution is 2.08. The third kappa shape index (κ3) is 5.09. The van der Waals surface area contributed by atoms with E-state index in [9.17, 15) is 9.59 Å². The lowest BCUT2D eigenvalue weighted by molar-refractivity contribution is -0.145. The maximum Gasteiger partial charge on any atom is 0.320 e. The van der Waals surface area contributed by atoms with Crippen molar-refractivity contribution in [3.05, 3.63) is 35.9 Å². The summed E-state index contributed by atoms with van der Waals surface area (Å²) in [6.07, 6.45) is 0. The Balaban J connectivity index is 2.74. The second-order valence-electron chi connectivity index (χ2n) is 4.27. The summed E-state index contributed by atoms with van der Waals surface area (Å²) in [5.74, 6) is -0.813. The molecule has 5 nitrogen and oxygen atoms in total. The second-order valence-corrected chi connectivity index (χ2v) is 4.27. The average Bonchev–Trinajstić information content (AvgIpc) is 2.38. The zero-order valence-corrected chi connectivity index (χ0v) is 11.3. The number of nitrogens with zero attached hydrogens (tertiary/aromatic N) is 1. The van der Waals surface area contributed by atoms with Gasteiger partial charge in [-0.25, -0.2) is 0 Å². The van der Waals surface area contributed by atoms with Gasteiger partial charge in [0.05, 0.1) is 19.2 Å². The van der Waals surface area contributed by atoms with Crippen LogP contribution in [0.5, 0.6) is 0 Å². The molecule has 1 aromatic rings. The van der Waals surface area contributed by atoms with Crippen molar-refractivity contribution in [3.63, 3.8) is 0 Å². The molecule has 0 fully saturated rings. The van der Waals surface area contributed by atoms with Crippen LogP contribution in [0, 0.1) is 0 Å². The van der Waals surface area contributed by atoms with Crippen LogP contribution < -0.4 is 5.73 Å². The third-order valence-electron chi connectivity index (χ3n) is 2.83. The first-order chi connectivity index (χ1) is 9.04. The van der Waals surface area contributed by atoms with Crippen molar-refractivity contribution in [3.8, 4) is 0 Å². The van der Waals surface area contributed by atoms with E-state index < -0.39 is 11.9 Å². The molecule has 1 rings (SSSR count). The van der Waals surface area contributed by atoms with Crippen molar-refractivity contribution in [2.24, 2.45) is 5.73 Å². The van der Waals surface area contributed by atoms with Gasteiger partial charge in [0.2, 0.25) is 5.91 Å². The molecule has 0 aliphatic carbocycles. The third-order valence-corrected chi connectivity index (χ3v) is 2.83. The Morgan fingerprint density at radius 3 is 2.47 bits per heavy atom. The summed E-state index contributed by atoms with van der Waals surface area (Å²) < 4.78 is 4.91. The van der Waals surface area contributed by atoms with Crippen LogP contribution in [0.1, 0.15) is 19.4 Å². The van der Waals surface area contributed by atoms with Crippen molar-refractivity contribution < 1.29 is 14.3 Å². The van der Waals surface area contributed by atoms with E-state index in [2.05, 4.69) is 0 Å². The summed E-state index contributed by atoms with van der Waals surface area (Å²) in [4.78, 5) is 24.6. The van der Waals surface area contributed by atoms with Crippen LogP contribution in [-0.4, -0.2) is 36.0 Å². The van der Waals surface area contributed by atoms with Gasteiger partial charge in [-0.1, -0.05) is 30.3 Å². The van der Waals surface area contributed by atoms with Crippen LogP contribution in [0.25, 0.3) is 0 Å². The molecule has 104 valence electrons. The highest BCUT2D eigenvalue weighted by Gasteiger charge is 2.22. The first-order valence-corrected chi connectivity index (χ1v) is 6.27. The molecule has 0 spiro atoms. The van der Waals surface area contributed by atoms with Crippen molar-refractivity contribution in [1.82, 2.24) is 4.90 Å². The number of hydrogen-bond acceptors (Lipinski definition) is 4. The number of nitrogens with two attached hydrogens (primary N) is 1. The molecule has 0 aliphatic heterocycles. The number of carbonyl (C=O) groups is 2. The normalized spacial score (nSPS) is 12.2. The summed E-state index contributed by atoms with van der Waals surface area (Å²) in [6.45, 7) is 4.28. The van der Waals surface area contributed by atoms with E-state index in [1.54, 1.807) is 18.7 Å². The zero-order chi connectivity index (χ0) is 14.3. The molecule has 0 radical (unpaired) electrons. The highest BCUT2D eigenvalue weighted by atomic mass is 16.5. The standard InChI is InChI=1S/C14H20N2O3/c1-3-19-13(17)10-16(11(2)14(15)18)9-12-7-5-4-6-8-12/h4-8,11H,3,9-10H2,1-2H3,(H2,15,18). The van der Waals surface area contributed by atoms with Gasteiger partial charge in [-0.3, -0.25) is 14.5 Å². The van der Waals surface area contributed by atoms with Gasteiger partial charge in [0.15, 0.2) is 0 Å². The van der Waals surface area contributed by atoms with Crippen LogP contribution in [0.4, 0.5) is 0 Å². The minimum atomic E-state index is -0.524. The number of carbonyl (C=O) groups excluding carboxylic acids is 2. The Bertz CT molecular complexity index is 420. The van der Waals surface area contributed by atoms with Gasteiger partial charge < -0.3 is 10.5 Å². The Labute approximate surface area is 113 Å². The molecule has 1 aromatic carbocycles. The number of primary amides is 1. The van der Waals surface area contributed by atoms with Crippen molar-refractivity contribution in [2.75, 3.05) is 13.2 Å². The fourth-order valence-corrected chi connectivity index (χ4v) is 1.70. The van der Waals surface area contributed by atoms with E-state index >= 15 is 0 Å². The lowest BCUT2D eigenvalue weighted by Crippen LogP contribution is -2.45. The van der Waals surface area contributed by atoms with E-state index in [1.165, 1.54) is 0 Å². The summed E-state index contributed by atoms with van der Waals surface area (Å²) in [6, 6.07) is 9.08. The van der Waals surface area contributed by atoms with Crippen molar-refractivity contribution in [2.45, 2.75) is 26.4 Å². The highest BCUT2D eigenvalue weighted by molar-refractivity contribution is 5.80. The minimum Gasteiger partial charge on any atom is -0.465 e. The van der Waals surface area contributed by atoms with Gasteiger partial charge in [0.25, 0.3) is 0 Å². The molecular weight excluding hydrogens is 244 g/mol. The van der Waals surface area contributed by atoms with Crippen LogP contribution in [0.3, 0.4) is 0 Å². The average molecular weight is 264 g/mol. The first kappa shape index (κ1) is 15.2. The number of esters is 1. The quantitative estimate of drug-likeness (QED) is 0.743. The Hall–Kier alpha value is -1.88. The Morgan fingerprint density at radius 1 is 1.32 bits per heavy atom. The summed E-state index contributed by atoms with van der Waals surface area (Å²) in [5.41, 5.74) is 6.32. The van der Waals surface area contributed by atoms with Crippen molar-refractivity contribution >= 4 is 11.9 Å². The van der Waals surface area contributed by atoms with E-state index in [-0.39, 0.29) is 12.5 Å². The first-order valence-electron chi connectivity index (χ1n) is 6.27. The molecular formula is C14H20N2O3. The summed E-state index contributed by atoms with van der Waals surface area (Å²) >= 11 is 0. The molecule has 5 heteroatoms. The molecule has 0 aromatic heterocycles. The molecule has 1 unspecified atom stereocenters. The molecule has 0 bridgehead atoms. The Kier molecular flexibility index (Phi) is 6.02. The van der Waals surface area contributed by atoms with Crippen LogP contribution in [0.15, 0.2) is 30.3 Å². The molecule has 1 atom stereocenters. The maximum atomic E-state index is 11.6.